The van der Waals surface area contributed by atoms with Crippen molar-refractivity contribution in [2.45, 2.75) is 18.5 Å². The molecule has 4 nitrogen and oxygen atoms in total. The molecule has 0 fully saturated rings. The molecule has 0 aliphatic heterocycles. The zero-order chi connectivity index (χ0) is 14.8. The summed E-state index contributed by atoms with van der Waals surface area (Å²) >= 11 is 0. The van der Waals surface area contributed by atoms with E-state index in [2.05, 4.69) is 4.98 Å². The normalized spacial score (nSPS) is 14.3. The number of nitrogen functional groups attached to an aromatic ring is 1. The Kier molecular flexibility index (Phi) is 4.13. The van der Waals surface area contributed by atoms with Crippen LogP contribution in [0.4, 0.5) is 38.0 Å². The number of anilines is 2. The van der Waals surface area contributed by atoms with Crippen LogP contribution < -0.4 is 11.1 Å². The molecule has 0 aliphatic rings. The summed E-state index contributed by atoms with van der Waals surface area (Å²) in [5.74, 6) is -1.01. The Morgan fingerprint density at radius 3 is 2.26 bits per heavy atom. The lowest BCUT2D eigenvalue weighted by atomic mass is 10.2. The van der Waals surface area contributed by atoms with Crippen molar-refractivity contribution in [1.29, 1.82) is 0 Å². The van der Waals surface area contributed by atoms with E-state index in [1.165, 1.54) is 0 Å². The quantitative estimate of drug-likeness (QED) is 0.744. The van der Waals surface area contributed by atoms with Crippen LogP contribution in [0.15, 0.2) is 12.1 Å². The summed E-state index contributed by atoms with van der Waals surface area (Å²) in [6, 6.07) is 1.05. The van der Waals surface area contributed by atoms with Crippen molar-refractivity contribution < 1.29 is 31.4 Å². The maximum atomic E-state index is 12.4. The number of nitrogens with two attached hydrogens (primary N) is 1. The van der Waals surface area contributed by atoms with Gasteiger partial charge in [0, 0.05) is 0 Å². The number of pyridine rings is 1. The largest absolute Gasteiger partial charge is 0.416 e. The third kappa shape index (κ3) is 4.47. The molecule has 0 radical (unpaired) electrons. The average molecular weight is 289 g/mol. The van der Waals surface area contributed by atoms with E-state index in [1.54, 1.807) is 0 Å². The number of halogens is 6. The number of hydrogen-bond acceptors (Lipinski definition) is 4. The van der Waals surface area contributed by atoms with Gasteiger partial charge < -0.3 is 16.2 Å². The van der Waals surface area contributed by atoms with E-state index in [0.29, 0.717) is 12.1 Å². The molecular weight excluding hydrogens is 280 g/mol. The van der Waals surface area contributed by atoms with E-state index in [4.69, 9.17) is 10.8 Å². The van der Waals surface area contributed by atoms with Crippen LogP contribution in [0, 0.1) is 0 Å². The fraction of sp³-hybridized carbons (Fsp3) is 0.444. The number of alkyl halides is 6. The highest BCUT2D eigenvalue weighted by atomic mass is 19.4. The van der Waals surface area contributed by atoms with E-state index >= 15 is 0 Å². The van der Waals surface area contributed by atoms with E-state index < -0.39 is 42.2 Å². The van der Waals surface area contributed by atoms with Crippen molar-refractivity contribution in [2.24, 2.45) is 0 Å². The summed E-state index contributed by atoms with van der Waals surface area (Å²) in [4.78, 5) is 3.39. The van der Waals surface area contributed by atoms with Gasteiger partial charge in [0.15, 0.2) is 6.10 Å². The van der Waals surface area contributed by atoms with Crippen LogP contribution in [0.25, 0.3) is 0 Å². The lowest BCUT2D eigenvalue weighted by Crippen LogP contribution is -2.35. The van der Waals surface area contributed by atoms with Crippen LogP contribution in [0.1, 0.15) is 5.56 Å². The fourth-order valence-electron chi connectivity index (χ4n) is 1.12. The fourth-order valence-corrected chi connectivity index (χ4v) is 1.12. The molecule has 0 saturated carbocycles. The highest BCUT2D eigenvalue weighted by molar-refractivity contribution is 5.47. The molecule has 19 heavy (non-hydrogen) atoms. The van der Waals surface area contributed by atoms with E-state index in [1.807, 2.05) is 5.32 Å². The van der Waals surface area contributed by atoms with Gasteiger partial charge in [0.1, 0.15) is 11.6 Å². The second kappa shape index (κ2) is 5.11. The minimum atomic E-state index is -4.87. The highest BCUT2D eigenvalue weighted by Gasteiger charge is 2.38. The first-order chi connectivity index (χ1) is 8.50. The van der Waals surface area contributed by atoms with Crippen molar-refractivity contribution in [3.8, 4) is 0 Å². The summed E-state index contributed by atoms with van der Waals surface area (Å²) in [6.45, 7) is -1.03. The number of aromatic nitrogens is 1. The van der Waals surface area contributed by atoms with Gasteiger partial charge in [-0.3, -0.25) is 0 Å². The second-order valence-corrected chi connectivity index (χ2v) is 3.60. The van der Waals surface area contributed by atoms with E-state index in [0.717, 1.165) is 0 Å². The molecule has 10 heteroatoms. The number of rotatable bonds is 3. The number of aliphatic hydroxyl groups is 1. The molecule has 1 aromatic rings. The van der Waals surface area contributed by atoms with Gasteiger partial charge >= 0.3 is 12.4 Å². The molecule has 1 aromatic heterocycles. The predicted octanol–water partition coefficient (Wildman–Crippen LogP) is 2.02. The van der Waals surface area contributed by atoms with Gasteiger partial charge in [-0.05, 0) is 12.1 Å². The zero-order valence-corrected chi connectivity index (χ0v) is 9.18. The average Bonchev–Trinajstić information content (AvgIpc) is 2.22. The standard InChI is InChI=1S/C9H9F6N3O/c10-8(11,12)4-1-6(16)18-7(2-4)17-3-5(19)9(13,14)15/h1-2,5,19H,3H2,(H3,16,17,18). The molecular formula is C9H9F6N3O. The lowest BCUT2D eigenvalue weighted by molar-refractivity contribution is -0.198. The van der Waals surface area contributed by atoms with Gasteiger partial charge in [-0.1, -0.05) is 0 Å². The Morgan fingerprint density at radius 2 is 1.79 bits per heavy atom. The smallest absolute Gasteiger partial charge is 0.384 e. The first-order valence-electron chi connectivity index (χ1n) is 4.83. The summed E-state index contributed by atoms with van der Waals surface area (Å²) in [6.07, 6.45) is -12.3. The van der Waals surface area contributed by atoms with Gasteiger partial charge in [0.25, 0.3) is 0 Å². The second-order valence-electron chi connectivity index (χ2n) is 3.60. The molecule has 1 atom stereocenters. The van der Waals surface area contributed by atoms with Gasteiger partial charge in [-0.25, -0.2) is 4.98 Å². The van der Waals surface area contributed by atoms with Crippen molar-refractivity contribution in [1.82, 2.24) is 4.98 Å². The van der Waals surface area contributed by atoms with Crippen molar-refractivity contribution in [3.63, 3.8) is 0 Å². The topological polar surface area (TPSA) is 71.2 Å². The third-order valence-corrected chi connectivity index (χ3v) is 2.03. The van der Waals surface area contributed by atoms with Crippen molar-refractivity contribution in [3.05, 3.63) is 17.7 Å². The molecule has 1 rings (SSSR count). The van der Waals surface area contributed by atoms with Crippen LogP contribution >= 0.6 is 0 Å². The van der Waals surface area contributed by atoms with Crippen LogP contribution in [0.2, 0.25) is 0 Å². The van der Waals surface area contributed by atoms with Crippen LogP contribution in [-0.2, 0) is 6.18 Å². The van der Waals surface area contributed by atoms with Crippen molar-refractivity contribution in [2.75, 3.05) is 17.6 Å². The summed E-state index contributed by atoms with van der Waals surface area (Å²) < 4.78 is 73.1. The third-order valence-electron chi connectivity index (χ3n) is 2.03. The Balaban J connectivity index is 2.83. The number of nitrogens with one attached hydrogen (secondary N) is 1. The molecule has 4 N–H and O–H groups in total. The Hall–Kier alpha value is -1.71. The Bertz CT molecular complexity index is 445. The molecule has 1 unspecified atom stereocenters. The molecule has 1 heterocycles. The van der Waals surface area contributed by atoms with Crippen LogP contribution in [0.5, 0.6) is 0 Å². The number of hydrogen-bond donors (Lipinski definition) is 3. The van der Waals surface area contributed by atoms with Crippen molar-refractivity contribution >= 4 is 11.6 Å². The number of nitrogens with zero attached hydrogens (tertiary/aromatic N) is 1. The minimum absolute atomic E-state index is 0.499. The molecule has 0 aromatic carbocycles. The monoisotopic (exact) mass is 289 g/mol. The molecule has 0 aliphatic carbocycles. The Labute approximate surface area is 103 Å². The summed E-state index contributed by atoms with van der Waals surface area (Å²) in [5.41, 5.74) is 3.96. The maximum Gasteiger partial charge on any atom is 0.416 e. The molecule has 0 spiro atoms. The number of aliphatic hydroxyl groups excluding tert-OH is 1. The first kappa shape index (κ1) is 15.3. The predicted molar refractivity (Wildman–Crippen MR) is 54.2 cm³/mol. The van der Waals surface area contributed by atoms with Gasteiger partial charge in [0.05, 0.1) is 12.1 Å². The molecule has 0 bridgehead atoms. The van der Waals surface area contributed by atoms with Gasteiger partial charge in [0.2, 0.25) is 0 Å². The van der Waals surface area contributed by atoms with Gasteiger partial charge in [-0.15, -0.1) is 0 Å². The zero-order valence-electron chi connectivity index (χ0n) is 9.18. The SMILES string of the molecule is Nc1cc(C(F)(F)F)cc(NCC(O)C(F)(F)F)n1. The van der Waals surface area contributed by atoms with Crippen LogP contribution in [0.3, 0.4) is 0 Å². The first-order valence-corrected chi connectivity index (χ1v) is 4.83. The summed E-state index contributed by atoms with van der Waals surface area (Å²) in [7, 11) is 0. The van der Waals surface area contributed by atoms with Gasteiger partial charge in [-0.2, -0.15) is 26.3 Å². The van der Waals surface area contributed by atoms with E-state index in [9.17, 15) is 26.3 Å². The van der Waals surface area contributed by atoms with E-state index in [-0.39, 0.29) is 0 Å². The molecule has 0 saturated heterocycles. The maximum absolute atomic E-state index is 12.4. The highest BCUT2D eigenvalue weighted by Crippen LogP contribution is 2.31. The minimum Gasteiger partial charge on any atom is -0.384 e. The Morgan fingerprint density at radius 1 is 1.21 bits per heavy atom. The summed E-state index contributed by atoms with van der Waals surface area (Å²) in [5, 5.41) is 10.6. The van der Waals surface area contributed by atoms with Crippen LogP contribution in [-0.4, -0.2) is 28.9 Å². The molecule has 0 amide bonds. The lowest BCUT2D eigenvalue weighted by Gasteiger charge is -2.16. The molecule has 108 valence electrons.